The average molecular weight is 390 g/mol. The van der Waals surface area contributed by atoms with Gasteiger partial charge in [-0.25, -0.2) is 4.39 Å². The monoisotopic (exact) mass is 390 g/mol. The molecule has 1 aliphatic carbocycles. The number of benzene rings is 2. The van der Waals surface area contributed by atoms with Gasteiger partial charge in [-0.05, 0) is 67.6 Å². The zero-order valence-electron chi connectivity index (χ0n) is 16.2. The van der Waals surface area contributed by atoms with Crippen molar-refractivity contribution in [1.82, 2.24) is 0 Å². The number of hydrogen-bond acceptors (Lipinski definition) is 4. The zero-order chi connectivity index (χ0) is 20.4. The van der Waals surface area contributed by atoms with Gasteiger partial charge in [0.25, 0.3) is 0 Å². The van der Waals surface area contributed by atoms with Crippen LogP contribution in [0.5, 0.6) is 11.5 Å². The van der Waals surface area contributed by atoms with Crippen LogP contribution in [0.15, 0.2) is 36.1 Å². The number of rotatable bonds is 3. The number of Topliss-reactive ketones (excluding diaryl/α,β-unsaturated/α-hetero) is 1. The molecule has 2 aromatic rings. The molecule has 4 nitrogen and oxygen atoms in total. The molecule has 4 atom stereocenters. The van der Waals surface area contributed by atoms with Gasteiger partial charge in [0.15, 0.2) is 17.3 Å². The van der Waals surface area contributed by atoms with Crippen molar-refractivity contribution in [2.45, 2.75) is 38.9 Å². The summed E-state index contributed by atoms with van der Waals surface area (Å²) >= 11 is 0. The van der Waals surface area contributed by atoms with Gasteiger partial charge in [0, 0.05) is 0 Å². The fraction of sp³-hybridized carbons (Fsp3) is 0.348. The number of fused-ring (bicyclic) bond motifs is 5. The van der Waals surface area contributed by atoms with Gasteiger partial charge >= 0.3 is 0 Å². The van der Waals surface area contributed by atoms with Crippen LogP contribution in [0.3, 0.4) is 0 Å². The van der Waals surface area contributed by atoms with E-state index in [9.17, 15) is 14.3 Å². The Kier molecular flexibility index (Phi) is 4.11. The first kappa shape index (κ1) is 18.4. The quantitative estimate of drug-likeness (QED) is 0.813. The third-order valence-corrected chi connectivity index (χ3v) is 6.33. The van der Waals surface area contributed by atoms with Gasteiger partial charge in [0.2, 0.25) is 0 Å². The van der Waals surface area contributed by atoms with Crippen LogP contribution in [0.4, 0.5) is 4.39 Å². The van der Waals surface area contributed by atoms with Crippen molar-refractivity contribution < 1.29 is 23.8 Å². The largest absolute Gasteiger partial charge is 0.511 e. The number of aliphatic hydroxyl groups is 1. The number of allylic oxidation sites excluding steroid dienone is 1. The highest BCUT2D eigenvalue weighted by molar-refractivity contribution is 6.32. The Labute approximate surface area is 169 Å². The number of ether oxygens (including phenoxy) is 2. The summed E-state index contributed by atoms with van der Waals surface area (Å²) in [7, 11) is 5.58. The fourth-order valence-electron chi connectivity index (χ4n) is 5.17. The van der Waals surface area contributed by atoms with E-state index in [-0.39, 0.29) is 41.3 Å². The summed E-state index contributed by atoms with van der Waals surface area (Å²) in [5.74, 6) is -0.397. The van der Waals surface area contributed by atoms with E-state index in [0.717, 1.165) is 29.5 Å². The van der Waals surface area contributed by atoms with Gasteiger partial charge in [-0.2, -0.15) is 0 Å². The number of hydrogen-bond donors (Lipinski definition) is 1. The number of ketones is 1. The Hall–Kier alpha value is -2.60. The molecule has 2 saturated heterocycles. The predicted octanol–water partition coefficient (Wildman–Crippen LogP) is 3.67. The summed E-state index contributed by atoms with van der Waals surface area (Å²) in [4.78, 5) is 13.2. The highest BCUT2D eigenvalue weighted by atomic mass is 19.1. The van der Waals surface area contributed by atoms with Crippen LogP contribution in [0.25, 0.3) is 5.57 Å². The molecule has 2 aliphatic heterocycles. The molecule has 5 rings (SSSR count). The molecule has 2 heterocycles. The van der Waals surface area contributed by atoms with Crippen LogP contribution in [0.2, 0.25) is 0 Å². The molecule has 0 unspecified atom stereocenters. The van der Waals surface area contributed by atoms with Gasteiger partial charge in [-0.1, -0.05) is 11.5 Å². The second-order valence-corrected chi connectivity index (χ2v) is 8.19. The van der Waals surface area contributed by atoms with Crippen LogP contribution < -0.4 is 10.2 Å². The Morgan fingerprint density at radius 1 is 1.10 bits per heavy atom. The van der Waals surface area contributed by atoms with Crippen molar-refractivity contribution in [3.8, 4) is 11.5 Å². The van der Waals surface area contributed by atoms with Crippen molar-refractivity contribution >= 4 is 24.7 Å². The number of aliphatic hydroxyl groups excluding tert-OH is 1. The molecule has 6 heteroatoms. The van der Waals surface area contributed by atoms with Crippen LogP contribution in [-0.4, -0.2) is 30.9 Å². The molecule has 146 valence electrons. The summed E-state index contributed by atoms with van der Waals surface area (Å²) in [5, 5.41) is 10.9. The number of carbonyl (C=O) groups is 1. The van der Waals surface area contributed by atoms with Crippen molar-refractivity contribution in [2.24, 2.45) is 11.8 Å². The number of aryl methyl sites for hydroxylation is 2. The summed E-state index contributed by atoms with van der Waals surface area (Å²) in [6.07, 6.45) is 1.60. The van der Waals surface area contributed by atoms with Crippen molar-refractivity contribution in [1.29, 1.82) is 0 Å². The third-order valence-electron chi connectivity index (χ3n) is 6.33. The Bertz CT molecular complexity index is 1050. The predicted molar refractivity (Wildman–Crippen MR) is 107 cm³/mol. The van der Waals surface area contributed by atoms with E-state index >= 15 is 0 Å². The van der Waals surface area contributed by atoms with Gasteiger partial charge in [-0.3, -0.25) is 4.79 Å². The Morgan fingerprint density at radius 2 is 1.76 bits per heavy atom. The molecule has 0 amide bonds. The first-order chi connectivity index (χ1) is 13.8. The molecule has 0 aromatic heterocycles. The molecular weight excluding hydrogens is 370 g/mol. The average Bonchev–Trinajstić information content (AvgIpc) is 3.33. The van der Waals surface area contributed by atoms with Crippen LogP contribution >= 0.6 is 0 Å². The number of halogens is 1. The minimum Gasteiger partial charge on any atom is -0.511 e. The van der Waals surface area contributed by atoms with E-state index in [1.807, 2.05) is 13.8 Å². The Balaban J connectivity index is 1.51. The maximum Gasteiger partial charge on any atom is 0.173 e. The summed E-state index contributed by atoms with van der Waals surface area (Å²) in [6.45, 7) is 3.72. The lowest BCUT2D eigenvalue weighted by Crippen LogP contribution is -2.29. The maximum atomic E-state index is 14.1. The van der Waals surface area contributed by atoms with Crippen molar-refractivity contribution in [2.75, 3.05) is 0 Å². The van der Waals surface area contributed by atoms with Crippen LogP contribution in [0.1, 0.15) is 29.5 Å². The minimum atomic E-state index is -0.543. The SMILES string of the molecule is [B]c1ccc(Oc2cc(C)c(C3=C(O)[C@H]4[C@@H](C3=O)[C@@H]3CC[C@H]4O3)c(C)c2)c(F)c1. The maximum absolute atomic E-state index is 14.1. The van der Waals surface area contributed by atoms with Crippen molar-refractivity contribution in [3.05, 3.63) is 58.6 Å². The first-order valence-electron chi connectivity index (χ1n) is 9.82. The Morgan fingerprint density at radius 3 is 2.38 bits per heavy atom. The molecule has 0 spiro atoms. The fourth-order valence-corrected chi connectivity index (χ4v) is 5.17. The number of carbonyl (C=O) groups excluding carboxylic acids is 1. The van der Waals surface area contributed by atoms with E-state index in [0.29, 0.717) is 16.8 Å². The van der Waals surface area contributed by atoms with Crippen LogP contribution in [-0.2, 0) is 9.53 Å². The topological polar surface area (TPSA) is 55.8 Å². The molecule has 2 bridgehead atoms. The summed E-state index contributed by atoms with van der Waals surface area (Å²) in [6, 6.07) is 7.77. The summed E-state index contributed by atoms with van der Waals surface area (Å²) < 4.78 is 25.6. The van der Waals surface area contributed by atoms with E-state index < -0.39 is 5.82 Å². The van der Waals surface area contributed by atoms with Gasteiger partial charge in [-0.15, -0.1) is 0 Å². The molecule has 2 fully saturated rings. The van der Waals surface area contributed by atoms with Crippen LogP contribution in [0, 0.1) is 31.5 Å². The van der Waals surface area contributed by atoms with Gasteiger partial charge in [0.1, 0.15) is 19.4 Å². The first-order valence-corrected chi connectivity index (χ1v) is 9.82. The van der Waals surface area contributed by atoms with Crippen molar-refractivity contribution in [3.63, 3.8) is 0 Å². The molecule has 2 radical (unpaired) electrons. The highest BCUT2D eigenvalue weighted by Gasteiger charge is 2.59. The summed E-state index contributed by atoms with van der Waals surface area (Å²) in [5.41, 5.74) is 3.04. The zero-order valence-corrected chi connectivity index (χ0v) is 16.2. The lowest BCUT2D eigenvalue weighted by molar-refractivity contribution is -0.118. The molecule has 1 N–H and O–H groups in total. The molecule has 29 heavy (non-hydrogen) atoms. The lowest BCUT2D eigenvalue weighted by atomic mass is 9.80. The lowest BCUT2D eigenvalue weighted by Gasteiger charge is -2.19. The van der Waals surface area contributed by atoms with E-state index in [4.69, 9.17) is 17.3 Å². The smallest absolute Gasteiger partial charge is 0.173 e. The third kappa shape index (κ3) is 2.73. The second-order valence-electron chi connectivity index (χ2n) is 8.19. The minimum absolute atomic E-state index is 0.0378. The van der Waals surface area contributed by atoms with Gasteiger partial charge < -0.3 is 14.6 Å². The molecule has 0 saturated carbocycles. The van der Waals surface area contributed by atoms with Gasteiger partial charge in [0.05, 0.1) is 29.6 Å². The van der Waals surface area contributed by atoms with E-state index in [2.05, 4.69) is 0 Å². The molecule has 3 aliphatic rings. The highest BCUT2D eigenvalue weighted by Crippen LogP contribution is 2.54. The molecular formula is C23H20BFO4. The second kappa shape index (κ2) is 6.46. The molecule has 2 aromatic carbocycles. The standard InChI is InChI=1S/C23H20BFO4/c1-10-7-13(28-15-4-3-12(24)9-14(15)25)8-11(2)18(10)21-22(26)19-16-5-6-17(29-16)20(19)23(21)27/h3-4,7-9,16-17,19-20,26H,5-6H2,1-2H3/t16-,17+,19-,20+/m1/s1. The van der Waals surface area contributed by atoms with E-state index in [1.54, 1.807) is 18.2 Å². The normalized spacial score (nSPS) is 27.6. The van der Waals surface area contributed by atoms with E-state index in [1.165, 1.54) is 12.1 Å².